The number of fused-ring (bicyclic) bond motifs is 15. The Kier molecular flexibility index (Phi) is 26.1. The molecule has 0 spiro atoms. The van der Waals surface area contributed by atoms with Crippen LogP contribution < -0.4 is 62.5 Å². The highest BCUT2D eigenvalue weighted by Gasteiger charge is 2.57. The van der Waals surface area contributed by atoms with E-state index in [2.05, 4.69) is 49.1 Å². The molecule has 606 valence electrons. The van der Waals surface area contributed by atoms with E-state index in [0.29, 0.717) is 11.3 Å². The van der Waals surface area contributed by atoms with Crippen LogP contribution in [0, 0.1) is 5.92 Å². The molecule has 7 heterocycles. The van der Waals surface area contributed by atoms with Crippen LogP contribution in [0.25, 0.3) is 0 Å². The molecule has 0 radical (unpaired) electrons. The summed E-state index contributed by atoms with van der Waals surface area (Å²) in [5.41, 5.74) is 1.84. The first kappa shape index (κ1) is 83.9. The van der Waals surface area contributed by atoms with Gasteiger partial charge in [0.2, 0.25) is 41.4 Å². The van der Waals surface area contributed by atoms with E-state index in [0.717, 1.165) is 60.7 Å². The number of aliphatic carboxylic acids is 1. The Bertz CT molecular complexity index is 4570. The number of carbonyl (C=O) groups excluding carboxylic acids is 7. The summed E-state index contributed by atoms with van der Waals surface area (Å²) >= 11 is 14.4. The maximum Gasteiger partial charge on any atom is 0.330 e. The largest absolute Gasteiger partial charge is 0.512 e. The minimum atomic E-state index is -2.39. The molecular weight excluding hydrogens is 1530 g/mol. The van der Waals surface area contributed by atoms with Crippen molar-refractivity contribution in [2.45, 2.75) is 168 Å². The fraction of sp³-hybridized carbons (Fsp3) is 0.421. The molecule has 0 aromatic heterocycles. The minimum Gasteiger partial charge on any atom is -0.512 e. The summed E-state index contributed by atoms with van der Waals surface area (Å²) in [6.07, 6.45) is -20.2. The van der Waals surface area contributed by atoms with E-state index >= 15 is 19.2 Å². The Morgan fingerprint density at radius 1 is 0.717 bits per heavy atom. The molecule has 7 aliphatic heterocycles. The molecule has 8 aliphatic rings. The first-order valence-electron chi connectivity index (χ1n) is 35.8. The monoisotopic (exact) mass is 1610 g/mol. The van der Waals surface area contributed by atoms with E-state index in [1.165, 1.54) is 32.2 Å². The number of benzene rings is 5. The number of nitrogens with two attached hydrogens (primary N) is 1. The second kappa shape index (κ2) is 35.1. The number of nitrogens with one attached hydrogen (secondary N) is 8. The number of phenolic OH excluding ortho intramolecular Hbond substituents is 2. The van der Waals surface area contributed by atoms with Crippen molar-refractivity contribution >= 4 is 70.5 Å². The van der Waals surface area contributed by atoms with Crippen LogP contribution in [0.1, 0.15) is 115 Å². The lowest BCUT2D eigenvalue weighted by Crippen LogP contribution is -2.72. The van der Waals surface area contributed by atoms with Crippen molar-refractivity contribution in [2.24, 2.45) is 11.7 Å². The minimum absolute atomic E-state index is 0.0365. The third kappa shape index (κ3) is 17.8. The molecule has 2 saturated heterocycles. The van der Waals surface area contributed by atoms with Crippen LogP contribution in [-0.2, 0) is 59.1 Å². The first-order valence-corrected chi connectivity index (χ1v) is 36.6. The highest BCUT2D eigenvalue weighted by molar-refractivity contribution is 6.32. The number of carboxylic acids is 1. The summed E-state index contributed by atoms with van der Waals surface area (Å²) in [5.74, 6) is -16.3. The lowest BCUT2D eigenvalue weighted by atomic mass is 9.79. The second-order valence-electron chi connectivity index (χ2n) is 28.6. The second-order valence-corrected chi connectivity index (χ2v) is 29.5. The quantitative estimate of drug-likeness (QED) is 0.0503. The van der Waals surface area contributed by atoms with Gasteiger partial charge in [-0.05, 0) is 120 Å². The number of hydrogen-bond acceptors (Lipinski definition) is 27. The molecule has 1 unspecified atom stereocenters. The zero-order valence-corrected chi connectivity index (χ0v) is 62.4. The number of carboxylic acid groups (broad SMARTS) is 1. The topological polar surface area (TPSA) is 557 Å². The van der Waals surface area contributed by atoms with Gasteiger partial charge in [0.05, 0.1) is 46.8 Å². The predicted octanol–water partition coefficient (Wildman–Crippen LogP) is 0.592. The fourth-order valence-corrected chi connectivity index (χ4v) is 15.0. The number of halogens is 2. The van der Waals surface area contributed by atoms with Crippen LogP contribution in [0.15, 0.2) is 121 Å². The maximum absolute atomic E-state index is 16.3. The number of aliphatic hydroxyl groups is 9. The molecule has 35 nitrogen and oxygen atoms in total. The van der Waals surface area contributed by atoms with E-state index in [-0.39, 0.29) is 53.0 Å². The summed E-state index contributed by atoms with van der Waals surface area (Å²) in [7, 11) is 1.32. The fourth-order valence-electron chi connectivity index (χ4n) is 14.5. The van der Waals surface area contributed by atoms with Crippen molar-refractivity contribution in [1.82, 2.24) is 42.5 Å². The molecule has 22 N–H and O–H groups in total. The number of phenols is 2. The van der Waals surface area contributed by atoms with E-state index in [9.17, 15) is 80.5 Å². The number of amides is 7. The number of carbonyl (C=O) groups is 8. The van der Waals surface area contributed by atoms with Crippen molar-refractivity contribution in [3.05, 3.63) is 170 Å². The normalized spacial score (nSPS) is 29.6. The van der Waals surface area contributed by atoms with Gasteiger partial charge in [0.25, 0.3) is 0 Å². The number of likely N-dealkylation sites (N-methyl/N-ethyl adjacent to an activating group) is 1. The van der Waals surface area contributed by atoms with E-state index < -0.39 is 256 Å². The Morgan fingerprint density at radius 3 is 1.97 bits per heavy atom. The number of primary amides is 1. The average molecular weight is 1610 g/mol. The molecule has 113 heavy (non-hydrogen) atoms. The molecule has 2 fully saturated rings. The molecular formula is C76H87Cl2N9O26. The number of hydrogen-bond donors (Lipinski definition) is 21. The van der Waals surface area contributed by atoms with Gasteiger partial charge in [0, 0.05) is 31.1 Å². The smallest absolute Gasteiger partial charge is 0.330 e. The zero-order valence-electron chi connectivity index (χ0n) is 60.9. The Labute approximate surface area is 654 Å². The Morgan fingerprint density at radius 2 is 1.36 bits per heavy atom. The van der Waals surface area contributed by atoms with E-state index in [4.69, 9.17) is 57.4 Å². The molecule has 11 bridgehead atoms. The van der Waals surface area contributed by atoms with Gasteiger partial charge in [-0.3, -0.25) is 38.9 Å². The lowest BCUT2D eigenvalue weighted by Gasteiger charge is -2.51. The third-order valence-electron chi connectivity index (χ3n) is 20.5. The van der Waals surface area contributed by atoms with E-state index in [1.807, 2.05) is 0 Å². The molecule has 5 aromatic carbocycles. The highest BCUT2D eigenvalue weighted by Crippen LogP contribution is 2.51. The van der Waals surface area contributed by atoms with E-state index in [1.54, 1.807) is 38.1 Å². The summed E-state index contributed by atoms with van der Waals surface area (Å²) in [6, 6.07) is 2.86. The maximum atomic E-state index is 16.3. The number of ether oxygens (including phenoxy) is 6. The van der Waals surface area contributed by atoms with Crippen LogP contribution >= 0.6 is 23.2 Å². The van der Waals surface area contributed by atoms with Crippen molar-refractivity contribution in [3.63, 3.8) is 0 Å². The Balaban J connectivity index is 1.16. The van der Waals surface area contributed by atoms with Gasteiger partial charge in [0.15, 0.2) is 12.3 Å². The van der Waals surface area contributed by atoms with Crippen LogP contribution in [0.4, 0.5) is 0 Å². The molecule has 1 aliphatic carbocycles. The van der Waals surface area contributed by atoms with Crippen LogP contribution in [0.5, 0.6) is 40.2 Å². The summed E-state index contributed by atoms with van der Waals surface area (Å²) in [4.78, 5) is 118. The summed E-state index contributed by atoms with van der Waals surface area (Å²) in [6.45, 7) is 6.64. The Hall–Kier alpha value is -10.1. The van der Waals surface area contributed by atoms with Gasteiger partial charge in [-0.25, -0.2) is 4.79 Å². The molecule has 37 heteroatoms. The lowest BCUT2D eigenvalue weighted by molar-refractivity contribution is -0.341. The van der Waals surface area contributed by atoms with Crippen LogP contribution in [-0.4, -0.2) is 220 Å². The van der Waals surface area contributed by atoms with Gasteiger partial charge < -0.3 is 133 Å². The van der Waals surface area contributed by atoms with Crippen molar-refractivity contribution in [2.75, 3.05) is 26.9 Å². The molecule has 13 rings (SSSR count). The number of rotatable bonds is 19. The third-order valence-corrected chi connectivity index (χ3v) is 21.1. The predicted molar refractivity (Wildman–Crippen MR) is 395 cm³/mol. The number of aromatic hydroxyl groups is 2. The SMILES string of the molecule is C=CCOc1cccc(CN[C@]2(C)[C@H](O)[C@@H](O[C@@H]3[C@@H](O)[C@H](O)[C@@H](CO)O[C@H]3c3c4cc5cc3Oc3ccc(cc3Cl)[C@@H](O)[C@@H](N[C@H](CC(C)C)C(=O)NC)C(=O)N[C@@H](CC(N)=O)C(=O)N[C@H]5C(=O)N[C@H]3C(=O)N[C@H](C(=O)N[C@@H](C(=O)O)c5cc(O)cc(O)c5C5CC3=CC=C5O)[C@H](O)c3ccc(c(Cl)c3)O4)O[C@@H](CO)[C@H]2O)c1. The number of aliphatic hydroxyl groups excluding tert-OH is 9. The average Bonchev–Trinajstić information content (AvgIpc) is 0.745. The molecule has 7 amide bonds. The van der Waals surface area contributed by atoms with Crippen LogP contribution in [0.3, 0.4) is 0 Å². The zero-order chi connectivity index (χ0) is 81.9. The summed E-state index contributed by atoms with van der Waals surface area (Å²) in [5, 5.41) is 161. The molecule has 5 aromatic rings. The van der Waals surface area contributed by atoms with Crippen molar-refractivity contribution < 1.29 is 128 Å². The summed E-state index contributed by atoms with van der Waals surface area (Å²) < 4.78 is 38.6. The molecule has 20 atom stereocenters. The first-order chi connectivity index (χ1) is 53.7. The standard InChI is InChI=1S/C76H87Cl2N9O26/c1-6-16-108-37-9-7-8-31(18-37)27-81-76(4)66(98)51(29-89)112-75(67(76)99)113-65-63(97)62(96)50(28-88)111-64(65)54-48-22-35-23-49(54)110-47-15-12-34(21-41(47)78)61(95)59-73(105)86-57(74(106)107)39-24-36(90)25-45(92)53(39)38-19-32(10-13-44(38)91)55(70(102)87-59)85-71(103)56(35)84-69(101)43(26-52(79)93)83-72(104)58(82-42(17-30(2)3)68(100)80-5)60(94)33-11-14-46(109-48)40(77)20-33/h6-15,18,20-25,30,38,42-43,50-51,55-67,75,81-82,88-92,94-99H,1,16-17,19,26-29H2,2-5H3,(H2,79,93)(H,80,100)(H,83,104)(H,84,101)(H,85,103)(H,86,105)(H,87,102)(H,106,107)/t38?,42-,43+,50-,51+,55-,56-,57-,58-,59+,60-,61-,62-,63+,64+,65-,66-,67-,75-,76+/m1/s1. The van der Waals surface area contributed by atoms with Crippen LogP contribution in [0.2, 0.25) is 10.0 Å². The highest BCUT2D eigenvalue weighted by atomic mass is 35.5. The van der Waals surface area contributed by atoms with Gasteiger partial charge in [-0.1, -0.05) is 80.0 Å². The number of allylic oxidation sites excluding steroid dienone is 3. The van der Waals surface area contributed by atoms with Gasteiger partial charge in [0.1, 0.15) is 144 Å². The van der Waals surface area contributed by atoms with Crippen molar-refractivity contribution in [1.29, 1.82) is 0 Å². The van der Waals surface area contributed by atoms with Gasteiger partial charge >= 0.3 is 5.97 Å². The van der Waals surface area contributed by atoms with Crippen molar-refractivity contribution in [3.8, 4) is 40.2 Å². The van der Waals surface area contributed by atoms with Gasteiger partial charge in [-0.15, -0.1) is 0 Å². The molecule has 0 saturated carbocycles. The van der Waals surface area contributed by atoms with Gasteiger partial charge in [-0.2, -0.15) is 0 Å².